The second-order valence-electron chi connectivity index (χ2n) is 3.82. The molecule has 0 aromatic carbocycles. The van der Waals surface area contributed by atoms with E-state index in [-0.39, 0.29) is 0 Å². The number of aromatic nitrogens is 1. The molecule has 0 bridgehead atoms. The fourth-order valence-electron chi connectivity index (χ4n) is 1.80. The van der Waals surface area contributed by atoms with Crippen LogP contribution in [0.1, 0.15) is 32.8 Å². The molecule has 0 aliphatic heterocycles. The van der Waals surface area contributed by atoms with Crippen molar-refractivity contribution in [3.63, 3.8) is 0 Å². The molecule has 0 spiro atoms. The summed E-state index contributed by atoms with van der Waals surface area (Å²) in [7, 11) is 0. The lowest BCUT2D eigenvalue weighted by atomic mass is 9.95. The largest absolute Gasteiger partial charge is 0.265 e. The second-order valence-corrected chi connectivity index (χ2v) is 3.82. The molecule has 0 amide bonds. The van der Waals surface area contributed by atoms with Gasteiger partial charge in [-0.15, -0.1) is 0 Å². The lowest BCUT2D eigenvalue weighted by molar-refractivity contribution is 0.544. The maximum absolute atomic E-state index is 12.8. The molecule has 86 valence electrons. The third-order valence-corrected chi connectivity index (χ3v) is 2.50. The molecule has 0 saturated carbocycles. The number of hydrogen-bond acceptors (Lipinski definition) is 1. The molecule has 16 heavy (non-hydrogen) atoms. The Morgan fingerprint density at radius 1 is 1.31 bits per heavy atom. The fourth-order valence-corrected chi connectivity index (χ4v) is 1.80. The van der Waals surface area contributed by atoms with Crippen LogP contribution in [0.25, 0.3) is 5.57 Å². The summed E-state index contributed by atoms with van der Waals surface area (Å²) in [5, 5.41) is 0. The Morgan fingerprint density at radius 2 is 1.94 bits per heavy atom. The van der Waals surface area contributed by atoms with Crippen molar-refractivity contribution < 1.29 is 4.39 Å². The average Bonchev–Trinajstić information content (AvgIpc) is 2.31. The number of allylic oxidation sites excluding steroid dienone is 4. The van der Waals surface area contributed by atoms with Crippen LogP contribution in [0.4, 0.5) is 4.39 Å². The summed E-state index contributed by atoms with van der Waals surface area (Å²) in [5.74, 6) is 0. The van der Waals surface area contributed by atoms with Crippen molar-refractivity contribution in [2.24, 2.45) is 0 Å². The van der Waals surface area contributed by atoms with Gasteiger partial charge in [0.25, 0.3) is 0 Å². The third kappa shape index (κ3) is 3.02. The van der Waals surface area contributed by atoms with Gasteiger partial charge in [-0.3, -0.25) is 4.98 Å². The molecule has 1 aromatic rings. The number of pyridine rings is 1. The average molecular weight is 219 g/mol. The summed E-state index contributed by atoms with van der Waals surface area (Å²) in [6, 6.07) is 3.84. The topological polar surface area (TPSA) is 12.9 Å². The Balaban J connectivity index is 3.23. The second kappa shape index (κ2) is 6.21. The van der Waals surface area contributed by atoms with Crippen LogP contribution in [0.15, 0.2) is 41.7 Å². The molecular weight excluding hydrogens is 201 g/mol. The summed E-state index contributed by atoms with van der Waals surface area (Å²) in [4.78, 5) is 3.98. The van der Waals surface area contributed by atoms with Crippen molar-refractivity contribution >= 4 is 5.57 Å². The van der Waals surface area contributed by atoms with E-state index >= 15 is 0 Å². The maximum atomic E-state index is 12.8. The number of nitrogens with zero attached hydrogens (tertiary/aromatic N) is 1. The van der Waals surface area contributed by atoms with Gasteiger partial charge in [-0.1, -0.05) is 13.0 Å². The molecule has 2 heteroatoms. The molecule has 0 saturated heterocycles. The Labute approximate surface area is 96.7 Å². The van der Waals surface area contributed by atoms with E-state index in [4.69, 9.17) is 0 Å². The van der Waals surface area contributed by atoms with Gasteiger partial charge in [0.1, 0.15) is 6.67 Å². The highest BCUT2D eigenvalue weighted by Gasteiger charge is 2.07. The van der Waals surface area contributed by atoms with E-state index in [1.54, 1.807) is 12.4 Å². The van der Waals surface area contributed by atoms with Crippen LogP contribution in [0.3, 0.4) is 0 Å². The number of alkyl halides is 1. The zero-order chi connectivity index (χ0) is 12.0. The molecule has 0 N–H and O–H groups in total. The van der Waals surface area contributed by atoms with E-state index < -0.39 is 6.67 Å². The van der Waals surface area contributed by atoms with Crippen molar-refractivity contribution in [2.45, 2.75) is 27.2 Å². The van der Waals surface area contributed by atoms with Gasteiger partial charge in [0.2, 0.25) is 0 Å². The maximum Gasteiger partial charge on any atom is 0.111 e. The third-order valence-electron chi connectivity index (χ3n) is 2.50. The monoisotopic (exact) mass is 219 g/mol. The normalized spacial score (nSPS) is 13.6. The lowest BCUT2D eigenvalue weighted by Gasteiger charge is -2.11. The Bertz CT molecular complexity index is 390. The van der Waals surface area contributed by atoms with Crippen LogP contribution in [-0.4, -0.2) is 11.7 Å². The van der Waals surface area contributed by atoms with Crippen molar-refractivity contribution in [1.82, 2.24) is 4.98 Å². The molecule has 1 rings (SSSR count). The first-order valence-electron chi connectivity index (χ1n) is 5.54. The van der Waals surface area contributed by atoms with Crippen molar-refractivity contribution in [3.8, 4) is 0 Å². The van der Waals surface area contributed by atoms with E-state index in [0.29, 0.717) is 0 Å². The summed E-state index contributed by atoms with van der Waals surface area (Å²) < 4.78 is 12.8. The summed E-state index contributed by atoms with van der Waals surface area (Å²) in [6.07, 6.45) is 6.55. The molecule has 0 unspecified atom stereocenters. The van der Waals surface area contributed by atoms with E-state index in [2.05, 4.69) is 18.0 Å². The highest BCUT2D eigenvalue weighted by atomic mass is 19.1. The number of hydrogen-bond donors (Lipinski definition) is 0. The first-order valence-corrected chi connectivity index (χ1v) is 5.54. The highest BCUT2D eigenvalue weighted by Crippen LogP contribution is 2.26. The van der Waals surface area contributed by atoms with E-state index in [0.717, 1.165) is 28.7 Å². The molecular formula is C14H18FN. The number of halogens is 1. The molecule has 0 radical (unpaired) electrons. The van der Waals surface area contributed by atoms with Crippen LogP contribution in [0, 0.1) is 0 Å². The standard InChI is InChI=1S/C14H18FN/c1-4-5-11(2)14(12(3)10-15)13-6-8-16-9-7-13/h5-9H,4,10H2,1-3H3/b11-5-,14-12+. The Morgan fingerprint density at radius 3 is 2.44 bits per heavy atom. The summed E-state index contributed by atoms with van der Waals surface area (Å²) >= 11 is 0. The predicted molar refractivity (Wildman–Crippen MR) is 66.9 cm³/mol. The molecule has 0 aliphatic carbocycles. The zero-order valence-corrected chi connectivity index (χ0v) is 10.1. The minimum absolute atomic E-state index is 0.410. The smallest absolute Gasteiger partial charge is 0.111 e. The molecule has 0 fully saturated rings. The van der Waals surface area contributed by atoms with Gasteiger partial charge in [0.15, 0.2) is 0 Å². The Kier molecular flexibility index (Phi) is 4.90. The first-order chi connectivity index (χ1) is 7.70. The van der Waals surface area contributed by atoms with Gasteiger partial charge >= 0.3 is 0 Å². The molecule has 1 aromatic heterocycles. The van der Waals surface area contributed by atoms with Gasteiger partial charge in [0, 0.05) is 12.4 Å². The van der Waals surface area contributed by atoms with Crippen molar-refractivity contribution in [1.29, 1.82) is 0 Å². The minimum Gasteiger partial charge on any atom is -0.265 e. The molecule has 0 aliphatic rings. The lowest BCUT2D eigenvalue weighted by Crippen LogP contribution is -1.93. The summed E-state index contributed by atoms with van der Waals surface area (Å²) in [6.45, 7) is 5.53. The van der Waals surface area contributed by atoms with E-state index in [9.17, 15) is 4.39 Å². The number of rotatable bonds is 4. The Hall–Kier alpha value is -1.44. The van der Waals surface area contributed by atoms with Gasteiger partial charge in [-0.25, -0.2) is 4.39 Å². The SMILES string of the molecule is CC/C=C(C)\C(=C(\C)CF)c1ccncc1. The minimum atomic E-state index is -0.410. The van der Waals surface area contributed by atoms with Crippen molar-refractivity contribution in [3.05, 3.63) is 47.3 Å². The molecule has 0 atom stereocenters. The highest BCUT2D eigenvalue weighted by molar-refractivity contribution is 5.80. The van der Waals surface area contributed by atoms with Gasteiger partial charge in [-0.2, -0.15) is 0 Å². The zero-order valence-electron chi connectivity index (χ0n) is 10.1. The van der Waals surface area contributed by atoms with Gasteiger partial charge in [-0.05, 0) is 54.7 Å². The van der Waals surface area contributed by atoms with Crippen LogP contribution in [0.5, 0.6) is 0 Å². The first kappa shape index (κ1) is 12.6. The van der Waals surface area contributed by atoms with E-state index in [1.807, 2.05) is 26.0 Å². The van der Waals surface area contributed by atoms with Crippen molar-refractivity contribution in [2.75, 3.05) is 6.67 Å². The summed E-state index contributed by atoms with van der Waals surface area (Å²) in [5.41, 5.74) is 3.94. The van der Waals surface area contributed by atoms with Crippen LogP contribution < -0.4 is 0 Å². The van der Waals surface area contributed by atoms with Gasteiger partial charge in [0.05, 0.1) is 0 Å². The quantitative estimate of drug-likeness (QED) is 0.692. The predicted octanol–water partition coefficient (Wildman–Crippen LogP) is 4.18. The van der Waals surface area contributed by atoms with Crippen LogP contribution in [0.2, 0.25) is 0 Å². The molecule has 1 heterocycles. The van der Waals surface area contributed by atoms with E-state index in [1.165, 1.54) is 0 Å². The van der Waals surface area contributed by atoms with Crippen LogP contribution in [-0.2, 0) is 0 Å². The molecule has 1 nitrogen and oxygen atoms in total. The fraction of sp³-hybridized carbons (Fsp3) is 0.357. The van der Waals surface area contributed by atoms with Crippen LogP contribution >= 0.6 is 0 Å². The van der Waals surface area contributed by atoms with Gasteiger partial charge < -0.3 is 0 Å².